The van der Waals surface area contributed by atoms with E-state index in [9.17, 15) is 9.90 Å². The summed E-state index contributed by atoms with van der Waals surface area (Å²) in [7, 11) is 1.50. The molecule has 1 N–H and O–H groups in total. The molecule has 0 amide bonds. The van der Waals surface area contributed by atoms with Crippen LogP contribution in [0.2, 0.25) is 0 Å². The van der Waals surface area contributed by atoms with E-state index in [0.29, 0.717) is 5.75 Å². The highest BCUT2D eigenvalue weighted by Gasteiger charge is 2.43. The molecule has 2 saturated heterocycles. The number of methoxy groups -OCH3 is 1. The summed E-state index contributed by atoms with van der Waals surface area (Å²) in [6.45, 7) is 3.72. The van der Waals surface area contributed by atoms with Crippen LogP contribution in [0.1, 0.15) is 41.6 Å². The number of carboxylic acid groups (broad SMARTS) is 1. The Morgan fingerprint density at radius 3 is 2.61 bits per heavy atom. The van der Waals surface area contributed by atoms with Gasteiger partial charge in [-0.2, -0.15) is 0 Å². The maximum Gasteiger partial charge on any atom is 0.339 e. The number of anilines is 1. The predicted molar refractivity (Wildman–Crippen MR) is 106 cm³/mol. The first-order valence-electron chi connectivity index (χ1n) is 9.78. The number of aromatic carboxylic acids is 1. The minimum Gasteiger partial charge on any atom is -0.496 e. The highest BCUT2D eigenvalue weighted by molar-refractivity contribution is 5.91. The second-order valence-electron chi connectivity index (χ2n) is 7.63. The van der Waals surface area contributed by atoms with Gasteiger partial charge in [0.05, 0.1) is 7.11 Å². The van der Waals surface area contributed by atoms with Crippen molar-refractivity contribution in [2.24, 2.45) is 0 Å². The Bertz CT molecular complexity index is 835. The van der Waals surface area contributed by atoms with Crippen LogP contribution in [0.3, 0.4) is 0 Å². The number of piperidine rings is 1. The maximum absolute atomic E-state index is 11.5. The maximum atomic E-state index is 11.5. The Labute approximate surface area is 165 Å². The molecule has 2 aromatic rings. The summed E-state index contributed by atoms with van der Waals surface area (Å²) in [5.41, 5.74) is 1.44. The van der Waals surface area contributed by atoms with Crippen LogP contribution in [-0.4, -0.2) is 58.2 Å². The number of carbonyl (C=O) groups is 1. The number of carboxylic acids is 1. The third-order valence-electron chi connectivity index (χ3n) is 6.14. The lowest BCUT2D eigenvalue weighted by Crippen LogP contribution is -2.52. The van der Waals surface area contributed by atoms with Crippen molar-refractivity contribution in [3.63, 3.8) is 0 Å². The van der Waals surface area contributed by atoms with Crippen LogP contribution in [0.25, 0.3) is 0 Å². The Hall–Kier alpha value is -2.67. The van der Waals surface area contributed by atoms with Crippen molar-refractivity contribution in [2.75, 3.05) is 31.6 Å². The second kappa shape index (κ2) is 7.75. The Kier molecular flexibility index (Phi) is 5.17. The number of aromatic nitrogens is 2. The molecule has 1 aromatic heterocycles. The zero-order valence-corrected chi connectivity index (χ0v) is 16.2. The van der Waals surface area contributed by atoms with E-state index in [-0.39, 0.29) is 11.1 Å². The van der Waals surface area contributed by atoms with Gasteiger partial charge in [-0.05, 0) is 56.0 Å². The molecule has 7 nitrogen and oxygen atoms in total. The molecule has 148 valence electrons. The molecule has 1 aromatic carbocycles. The average molecular weight is 382 g/mol. The second-order valence-corrected chi connectivity index (χ2v) is 7.63. The summed E-state index contributed by atoms with van der Waals surface area (Å²) in [6, 6.07) is 7.33. The molecule has 0 unspecified atom stereocenters. The number of benzene rings is 1. The zero-order chi connectivity index (χ0) is 19.6. The molecule has 0 bridgehead atoms. The normalized spacial score (nSPS) is 19.1. The van der Waals surface area contributed by atoms with Gasteiger partial charge in [0.2, 0.25) is 5.95 Å². The molecule has 0 saturated carbocycles. The summed E-state index contributed by atoms with van der Waals surface area (Å²) in [5, 5.41) is 9.45. The summed E-state index contributed by atoms with van der Waals surface area (Å²) >= 11 is 0. The molecule has 2 fully saturated rings. The number of hydrogen-bond donors (Lipinski definition) is 1. The number of hydrogen-bond acceptors (Lipinski definition) is 6. The largest absolute Gasteiger partial charge is 0.496 e. The minimum atomic E-state index is -0.953. The fourth-order valence-electron chi connectivity index (χ4n) is 4.63. The van der Waals surface area contributed by atoms with E-state index >= 15 is 0 Å². The van der Waals surface area contributed by atoms with Crippen molar-refractivity contribution in [1.29, 1.82) is 0 Å². The lowest BCUT2D eigenvalue weighted by Gasteiger charge is -2.45. The van der Waals surface area contributed by atoms with E-state index in [2.05, 4.69) is 19.8 Å². The first kappa shape index (κ1) is 18.7. The van der Waals surface area contributed by atoms with E-state index in [1.165, 1.54) is 20.0 Å². The summed E-state index contributed by atoms with van der Waals surface area (Å²) in [5.74, 6) is 0.262. The first-order chi connectivity index (χ1) is 13.6. The summed E-state index contributed by atoms with van der Waals surface area (Å²) in [4.78, 5) is 25.1. The van der Waals surface area contributed by atoms with Gasteiger partial charge in [-0.25, -0.2) is 14.8 Å². The highest BCUT2D eigenvalue weighted by Crippen LogP contribution is 2.40. The Morgan fingerprint density at radius 2 is 1.93 bits per heavy atom. The number of rotatable bonds is 5. The average Bonchev–Trinajstić information content (AvgIpc) is 3.10. The van der Waals surface area contributed by atoms with Gasteiger partial charge in [-0.1, -0.05) is 6.07 Å². The molecule has 0 radical (unpaired) electrons. The van der Waals surface area contributed by atoms with Crippen molar-refractivity contribution in [3.05, 3.63) is 47.8 Å². The van der Waals surface area contributed by atoms with Crippen molar-refractivity contribution in [3.8, 4) is 5.75 Å². The minimum absolute atomic E-state index is 0.189. The van der Waals surface area contributed by atoms with E-state index in [1.54, 1.807) is 24.5 Å². The van der Waals surface area contributed by atoms with Crippen molar-refractivity contribution < 1.29 is 14.6 Å². The predicted octanol–water partition coefficient (Wildman–Crippen LogP) is 2.82. The molecule has 0 aliphatic carbocycles. The van der Waals surface area contributed by atoms with E-state index in [4.69, 9.17) is 4.74 Å². The zero-order valence-electron chi connectivity index (χ0n) is 16.2. The van der Waals surface area contributed by atoms with Crippen molar-refractivity contribution >= 4 is 11.9 Å². The van der Waals surface area contributed by atoms with Crippen LogP contribution in [-0.2, 0) is 6.54 Å². The van der Waals surface area contributed by atoms with Gasteiger partial charge in [-0.3, -0.25) is 4.90 Å². The van der Waals surface area contributed by atoms with E-state index < -0.39 is 5.97 Å². The third kappa shape index (κ3) is 3.54. The fourth-order valence-corrected chi connectivity index (χ4v) is 4.63. The van der Waals surface area contributed by atoms with Gasteiger partial charge in [0.1, 0.15) is 11.3 Å². The van der Waals surface area contributed by atoms with Crippen LogP contribution in [0.4, 0.5) is 5.95 Å². The van der Waals surface area contributed by atoms with Gasteiger partial charge < -0.3 is 14.7 Å². The van der Waals surface area contributed by atoms with Gasteiger partial charge in [0.15, 0.2) is 0 Å². The molecular weight excluding hydrogens is 356 g/mol. The topological polar surface area (TPSA) is 78.8 Å². The van der Waals surface area contributed by atoms with Crippen molar-refractivity contribution in [2.45, 2.75) is 37.8 Å². The van der Waals surface area contributed by atoms with Gasteiger partial charge in [0, 0.05) is 37.6 Å². The number of nitrogens with zero attached hydrogens (tertiary/aromatic N) is 4. The van der Waals surface area contributed by atoms with Gasteiger partial charge >= 0.3 is 5.97 Å². The van der Waals surface area contributed by atoms with Crippen LogP contribution >= 0.6 is 0 Å². The molecule has 28 heavy (non-hydrogen) atoms. The van der Waals surface area contributed by atoms with Crippen LogP contribution in [0, 0.1) is 0 Å². The van der Waals surface area contributed by atoms with Crippen molar-refractivity contribution in [1.82, 2.24) is 14.9 Å². The van der Waals surface area contributed by atoms with E-state index in [1.807, 2.05) is 12.1 Å². The quantitative estimate of drug-likeness (QED) is 0.852. The van der Waals surface area contributed by atoms with Crippen LogP contribution < -0.4 is 9.64 Å². The molecule has 2 aliphatic heterocycles. The molecule has 2 aliphatic rings. The first-order valence-corrected chi connectivity index (χ1v) is 9.78. The smallest absolute Gasteiger partial charge is 0.339 e. The SMILES string of the molecule is COc1ccc(CN2CCCC23CCN(c2ncccn2)CC3)cc1C(=O)O. The summed E-state index contributed by atoms with van der Waals surface area (Å²) in [6.07, 6.45) is 8.11. The lowest BCUT2D eigenvalue weighted by molar-refractivity contribution is 0.0692. The number of ether oxygens (including phenoxy) is 1. The Balaban J connectivity index is 1.47. The van der Waals surface area contributed by atoms with Gasteiger partial charge in [0.25, 0.3) is 0 Å². The molecule has 1 spiro atoms. The molecule has 4 rings (SSSR count). The fraction of sp³-hybridized carbons (Fsp3) is 0.476. The molecular formula is C21H26N4O3. The highest BCUT2D eigenvalue weighted by atomic mass is 16.5. The molecule has 3 heterocycles. The lowest BCUT2D eigenvalue weighted by atomic mass is 9.84. The summed E-state index contributed by atoms with van der Waals surface area (Å²) < 4.78 is 5.18. The van der Waals surface area contributed by atoms with Crippen LogP contribution in [0.15, 0.2) is 36.7 Å². The van der Waals surface area contributed by atoms with Gasteiger partial charge in [-0.15, -0.1) is 0 Å². The standard InChI is InChI=1S/C21H26N4O3/c1-28-18-5-4-16(14-17(18)19(26)27)15-25-11-2-6-21(25)7-12-24(13-8-21)20-22-9-3-10-23-20/h3-5,9-10,14H,2,6-8,11-13,15H2,1H3,(H,26,27). The third-order valence-corrected chi connectivity index (χ3v) is 6.14. The molecule has 0 atom stereocenters. The monoisotopic (exact) mass is 382 g/mol. The Morgan fingerprint density at radius 1 is 1.18 bits per heavy atom. The number of likely N-dealkylation sites (tertiary alicyclic amines) is 1. The van der Waals surface area contributed by atoms with Crippen LogP contribution in [0.5, 0.6) is 5.75 Å². The molecule has 7 heteroatoms. The van der Waals surface area contributed by atoms with E-state index in [0.717, 1.165) is 50.5 Å².